The highest BCUT2D eigenvalue weighted by Gasteiger charge is 2.67. The maximum Gasteiger partial charge on any atom is 0.237 e. The molecule has 2 atom stereocenters. The molecule has 2 N–H and O–H groups in total. The quantitative estimate of drug-likeness (QED) is 0.676. The maximum atomic E-state index is 12.6. The molecule has 0 aromatic heterocycles. The van der Waals surface area contributed by atoms with Crippen LogP contribution in [0.1, 0.15) is 26.2 Å². The van der Waals surface area contributed by atoms with E-state index in [-0.39, 0.29) is 28.7 Å². The van der Waals surface area contributed by atoms with E-state index >= 15 is 0 Å². The molecule has 1 heterocycles. The molecule has 4 nitrogen and oxygen atoms in total. The van der Waals surface area contributed by atoms with E-state index in [2.05, 4.69) is 38.3 Å². The Kier molecular flexibility index (Phi) is 2.47. The van der Waals surface area contributed by atoms with E-state index in [9.17, 15) is 4.79 Å². The number of nitrogens with one attached hydrogen (secondary N) is 2. The Balaban J connectivity index is 2.01. The van der Waals surface area contributed by atoms with Crippen LogP contribution in [0.4, 0.5) is 0 Å². The topological polar surface area (TPSA) is 56.2 Å². The Bertz CT molecular complexity index is 521. The van der Waals surface area contributed by atoms with Gasteiger partial charge in [-0.15, -0.1) is 0 Å². The van der Waals surface area contributed by atoms with E-state index in [0.29, 0.717) is 0 Å². The number of allylic oxidation sites excluding steroid dienone is 3. The van der Waals surface area contributed by atoms with Crippen molar-refractivity contribution in [2.24, 2.45) is 11.3 Å². The second kappa shape index (κ2) is 3.75. The molecule has 5 heteroatoms. The van der Waals surface area contributed by atoms with E-state index < -0.39 is 0 Å². The average molecular weight is 257 g/mol. The monoisotopic (exact) mass is 257 g/mol. The maximum absolute atomic E-state index is 12.6. The van der Waals surface area contributed by atoms with Crippen molar-refractivity contribution in [3.63, 3.8) is 0 Å². The molecular weight excluding hydrogens is 237 g/mol. The second-order valence-electron chi connectivity index (χ2n) is 6.28. The van der Waals surface area contributed by atoms with Gasteiger partial charge in [0.05, 0.1) is 11.0 Å². The molecule has 3 aliphatic rings. The van der Waals surface area contributed by atoms with Gasteiger partial charge in [0, 0.05) is 13.0 Å². The van der Waals surface area contributed by atoms with E-state index in [1.165, 1.54) is 10.4 Å². The lowest BCUT2D eigenvalue weighted by Gasteiger charge is -2.50. The summed E-state index contributed by atoms with van der Waals surface area (Å²) in [4.78, 5) is 14.0. The van der Waals surface area contributed by atoms with Crippen LogP contribution in [-0.4, -0.2) is 37.2 Å². The lowest BCUT2D eigenvalue weighted by molar-refractivity contribution is -0.138. The third kappa shape index (κ3) is 1.53. The number of amides is 1. The van der Waals surface area contributed by atoms with Gasteiger partial charge in [-0.05, 0) is 26.2 Å². The molecule has 1 unspecified atom stereocenters. The summed E-state index contributed by atoms with van der Waals surface area (Å²) in [5.74, 6) is 0.614. The first-order chi connectivity index (χ1) is 8.91. The first kappa shape index (κ1) is 12.5. The summed E-state index contributed by atoms with van der Waals surface area (Å²) in [5, 5.41) is 11.3. The largest absolute Gasteiger partial charge is 0.349 e. The number of guanidine groups is 1. The van der Waals surface area contributed by atoms with Crippen LogP contribution in [0.3, 0.4) is 0 Å². The van der Waals surface area contributed by atoms with Crippen molar-refractivity contribution < 1.29 is 4.79 Å². The van der Waals surface area contributed by atoms with Crippen LogP contribution < -0.4 is 5.32 Å². The van der Waals surface area contributed by atoms with Gasteiger partial charge >= 0.3 is 0 Å². The summed E-state index contributed by atoms with van der Waals surface area (Å²) in [5.41, 5.74) is 0.603. The molecule has 100 valence electrons. The van der Waals surface area contributed by atoms with E-state index in [1.807, 2.05) is 0 Å². The second-order valence-corrected chi connectivity index (χ2v) is 6.28. The molecule has 0 aromatic rings. The molecule has 2 fully saturated rings. The standard InChI is InChI=1S/C14H20BN3O/c1-13(9-4-3-5-10(15)8-9)14(6-7-14)11(19)18(2)12(16)17-13/h3,5,8-9H,4,6-7,15H2,1-2H3,(H2,16,17)/t9?,13-/m1/s1. The number of carbonyl (C=O) groups is 1. The average Bonchev–Trinajstić information content (AvgIpc) is 3.17. The molecule has 1 aliphatic heterocycles. The van der Waals surface area contributed by atoms with Crippen molar-refractivity contribution in [3.05, 3.63) is 23.7 Å². The van der Waals surface area contributed by atoms with Crippen molar-refractivity contribution in [2.75, 3.05) is 7.05 Å². The summed E-state index contributed by atoms with van der Waals surface area (Å²) in [6.45, 7) is 2.12. The summed E-state index contributed by atoms with van der Waals surface area (Å²) in [6, 6.07) is 0. The van der Waals surface area contributed by atoms with Crippen LogP contribution in [0.5, 0.6) is 0 Å². The Morgan fingerprint density at radius 3 is 2.79 bits per heavy atom. The van der Waals surface area contributed by atoms with Gasteiger partial charge in [-0.25, -0.2) is 0 Å². The van der Waals surface area contributed by atoms with Crippen molar-refractivity contribution >= 4 is 19.7 Å². The van der Waals surface area contributed by atoms with Gasteiger partial charge in [-0.1, -0.05) is 23.7 Å². The zero-order chi connectivity index (χ0) is 13.8. The fraction of sp³-hybridized carbons (Fsp3) is 0.571. The molecule has 19 heavy (non-hydrogen) atoms. The third-order valence-electron chi connectivity index (χ3n) is 5.15. The molecule has 0 radical (unpaired) electrons. The molecule has 1 saturated heterocycles. The first-order valence-electron chi connectivity index (χ1n) is 6.90. The molecule has 1 saturated carbocycles. The minimum absolute atomic E-state index is 0.111. The minimum Gasteiger partial charge on any atom is -0.349 e. The molecule has 0 bridgehead atoms. The molecule has 1 amide bonds. The number of rotatable bonds is 1. The normalized spacial score (nSPS) is 36.2. The molecule has 1 spiro atoms. The van der Waals surface area contributed by atoms with E-state index in [1.54, 1.807) is 7.05 Å². The third-order valence-corrected chi connectivity index (χ3v) is 5.15. The van der Waals surface area contributed by atoms with Gasteiger partial charge in [-0.2, -0.15) is 0 Å². The Morgan fingerprint density at radius 1 is 1.53 bits per heavy atom. The van der Waals surface area contributed by atoms with Gasteiger partial charge < -0.3 is 5.32 Å². The zero-order valence-electron chi connectivity index (χ0n) is 11.8. The molecular formula is C14H20BN3O. The SMILES string of the molecule is BC1=CC([C@@]2(C)NC(=N)N(C)C(=O)C23CC3)CC=C1. The lowest BCUT2D eigenvalue weighted by atomic mass is 9.67. The fourth-order valence-corrected chi connectivity index (χ4v) is 3.64. The lowest BCUT2D eigenvalue weighted by Crippen LogP contribution is -2.69. The number of nitrogens with zero attached hydrogens (tertiary/aromatic N) is 1. The van der Waals surface area contributed by atoms with Crippen molar-refractivity contribution in [1.82, 2.24) is 10.2 Å². The van der Waals surface area contributed by atoms with Crippen LogP contribution in [0, 0.1) is 16.7 Å². The van der Waals surface area contributed by atoms with Gasteiger partial charge in [-0.3, -0.25) is 15.1 Å². The van der Waals surface area contributed by atoms with Gasteiger partial charge in [0.25, 0.3) is 0 Å². The smallest absolute Gasteiger partial charge is 0.237 e. The number of hydrogen-bond donors (Lipinski definition) is 2. The van der Waals surface area contributed by atoms with Crippen molar-refractivity contribution in [1.29, 1.82) is 5.41 Å². The summed E-state index contributed by atoms with van der Waals surface area (Å²) < 4.78 is 0. The Hall–Kier alpha value is -1.52. The fourth-order valence-electron chi connectivity index (χ4n) is 3.64. The predicted octanol–water partition coefficient (Wildman–Crippen LogP) is 0.615. The molecule has 2 aliphatic carbocycles. The summed E-state index contributed by atoms with van der Waals surface area (Å²) in [6.07, 6.45) is 9.35. The number of carbonyl (C=O) groups excluding carboxylic acids is 1. The summed E-state index contributed by atoms with van der Waals surface area (Å²) >= 11 is 0. The van der Waals surface area contributed by atoms with Crippen LogP contribution in [0.15, 0.2) is 23.7 Å². The minimum atomic E-state index is -0.334. The van der Waals surface area contributed by atoms with Crippen LogP contribution in [-0.2, 0) is 4.79 Å². The highest BCUT2D eigenvalue weighted by atomic mass is 16.2. The van der Waals surface area contributed by atoms with Crippen LogP contribution in [0.2, 0.25) is 0 Å². The van der Waals surface area contributed by atoms with Crippen molar-refractivity contribution in [3.8, 4) is 0 Å². The molecule has 0 aromatic carbocycles. The molecule has 3 rings (SSSR count). The highest BCUT2D eigenvalue weighted by molar-refractivity contribution is 6.23. The van der Waals surface area contributed by atoms with E-state index in [4.69, 9.17) is 5.41 Å². The van der Waals surface area contributed by atoms with Crippen LogP contribution >= 0.6 is 0 Å². The van der Waals surface area contributed by atoms with E-state index in [0.717, 1.165) is 19.3 Å². The number of hydrogen-bond acceptors (Lipinski definition) is 2. The zero-order valence-corrected chi connectivity index (χ0v) is 11.8. The van der Waals surface area contributed by atoms with Gasteiger partial charge in [0.2, 0.25) is 5.91 Å². The van der Waals surface area contributed by atoms with Crippen LogP contribution in [0.25, 0.3) is 0 Å². The highest BCUT2D eigenvalue weighted by Crippen LogP contribution is 2.60. The van der Waals surface area contributed by atoms with Gasteiger partial charge in [0.15, 0.2) is 5.96 Å². The predicted molar refractivity (Wildman–Crippen MR) is 77.6 cm³/mol. The van der Waals surface area contributed by atoms with Crippen molar-refractivity contribution in [2.45, 2.75) is 31.7 Å². The Labute approximate surface area is 114 Å². The summed E-state index contributed by atoms with van der Waals surface area (Å²) in [7, 11) is 3.78. The first-order valence-corrected chi connectivity index (χ1v) is 6.90. The van der Waals surface area contributed by atoms with Gasteiger partial charge in [0.1, 0.15) is 7.85 Å². The Morgan fingerprint density at radius 2 is 2.21 bits per heavy atom.